The van der Waals surface area contributed by atoms with Gasteiger partial charge in [-0.05, 0) is 93.5 Å². The molecule has 0 aromatic rings. The molecule has 0 unspecified atom stereocenters. The van der Waals surface area contributed by atoms with Crippen LogP contribution in [-0.2, 0) is 33.2 Å². The number of carboxylic acids is 1. The highest BCUT2D eigenvalue weighted by molar-refractivity contribution is 5.75. The van der Waals surface area contributed by atoms with Gasteiger partial charge in [0.2, 0.25) is 0 Å². The summed E-state index contributed by atoms with van der Waals surface area (Å²) in [6.45, 7) is 9.74. The number of aliphatic hydroxyl groups excluding tert-OH is 12. The molecule has 0 amide bonds. The molecule has 3 aliphatic heterocycles. The van der Waals surface area contributed by atoms with Gasteiger partial charge in [0, 0.05) is 16.2 Å². The van der Waals surface area contributed by atoms with E-state index in [1.54, 1.807) is 6.92 Å². The number of hydrogen-bond donors (Lipinski definition) is 13. The maximum Gasteiger partial charge on any atom is 0.309 e. The minimum absolute atomic E-state index is 0.0482. The van der Waals surface area contributed by atoms with Gasteiger partial charge in [-0.2, -0.15) is 0 Å². The second kappa shape index (κ2) is 18.6. The molecule has 0 spiro atoms. The molecular weight excluding hydrogens is 897 g/mol. The molecule has 20 nitrogen and oxygen atoms in total. The molecule has 0 radical (unpaired) electrons. The van der Waals surface area contributed by atoms with Crippen LogP contribution in [-0.4, -0.2) is 203 Å². The van der Waals surface area contributed by atoms with Gasteiger partial charge >= 0.3 is 5.97 Å². The van der Waals surface area contributed by atoms with Crippen molar-refractivity contribution in [2.45, 2.75) is 197 Å². The summed E-state index contributed by atoms with van der Waals surface area (Å²) in [5.74, 6) is -1.08. The van der Waals surface area contributed by atoms with E-state index in [2.05, 4.69) is 32.9 Å². The molecule has 6 fully saturated rings. The zero-order chi connectivity index (χ0) is 49.8. The average molecular weight is 973 g/mol. The minimum atomic E-state index is -1.92. The summed E-state index contributed by atoms with van der Waals surface area (Å²) in [7, 11) is 0. The molecule has 3 heterocycles. The van der Waals surface area contributed by atoms with E-state index in [-0.39, 0.29) is 31.5 Å². The Bertz CT molecular complexity index is 1920. The molecule has 3 saturated heterocycles. The van der Waals surface area contributed by atoms with Crippen molar-refractivity contribution < 1.29 is 99.6 Å². The van der Waals surface area contributed by atoms with Gasteiger partial charge in [0.15, 0.2) is 18.9 Å². The van der Waals surface area contributed by atoms with Gasteiger partial charge in [-0.25, -0.2) is 0 Å². The molecule has 0 aromatic carbocycles. The second-order valence-electron chi connectivity index (χ2n) is 22.8. The minimum Gasteiger partial charge on any atom is -0.481 e. The van der Waals surface area contributed by atoms with Crippen LogP contribution in [0.4, 0.5) is 0 Å². The Hall–Kier alpha value is -1.77. The van der Waals surface area contributed by atoms with E-state index in [4.69, 9.17) is 28.4 Å². The fraction of sp³-hybridized carbons (Fsp3) is 0.896. The third-order valence-electron chi connectivity index (χ3n) is 19.3. The van der Waals surface area contributed by atoms with Crippen molar-refractivity contribution in [3.05, 3.63) is 23.3 Å². The van der Waals surface area contributed by atoms with E-state index in [0.29, 0.717) is 44.9 Å². The van der Waals surface area contributed by atoms with Crippen LogP contribution in [0.5, 0.6) is 0 Å². The Labute approximate surface area is 396 Å². The lowest BCUT2D eigenvalue weighted by atomic mass is 9.35. The summed E-state index contributed by atoms with van der Waals surface area (Å²) in [5, 5.41) is 141. The first-order valence-electron chi connectivity index (χ1n) is 24.3. The van der Waals surface area contributed by atoms with E-state index < -0.39 is 156 Å². The predicted molar refractivity (Wildman–Crippen MR) is 233 cm³/mol. The lowest BCUT2D eigenvalue weighted by molar-refractivity contribution is -0.391. The molecule has 0 aromatic heterocycles. The highest BCUT2D eigenvalue weighted by atomic mass is 16.8. The van der Waals surface area contributed by atoms with Crippen molar-refractivity contribution in [3.63, 3.8) is 0 Å². The van der Waals surface area contributed by atoms with Gasteiger partial charge in [-0.1, -0.05) is 45.4 Å². The Kier molecular flexibility index (Phi) is 14.4. The predicted octanol–water partition coefficient (Wildman–Crippen LogP) is -1.43. The Balaban J connectivity index is 1.04. The van der Waals surface area contributed by atoms with Crippen LogP contribution < -0.4 is 0 Å². The monoisotopic (exact) mass is 972 g/mol. The summed E-state index contributed by atoms with van der Waals surface area (Å²) in [4.78, 5) is 12.6. The van der Waals surface area contributed by atoms with Gasteiger partial charge in [0.25, 0.3) is 0 Å². The fourth-order valence-corrected chi connectivity index (χ4v) is 14.5. The standard InChI is InChI=1S/C48H76O20/c1-21-30(54)37(67-41-38(34(58)32(56)25(18-50)65-41)68-39-35(59)33(57)31(55)24(17-49)64-39)36(60)40(63-21)66-29-10-11-44(3)26(45(29,4)19-51)9-12-46(5)27(44)8-7-22-23-15-43(2,42(61)62)13-14-48(23,20-52)28(53)16-47(22,46)6/h7-8,21,24-41,49-60H,9-20H2,1-6H3,(H,61,62)/t21-,24-,25-,26+,27+,28+,29-,30-,31-,32-,33+,34+,35-,36-,37+,38-,39+,40+,41+,43+,44+,45-,46-,47-,48-/m0/s1. The zero-order valence-electron chi connectivity index (χ0n) is 39.8. The summed E-state index contributed by atoms with van der Waals surface area (Å²) >= 11 is 0. The maximum absolute atomic E-state index is 12.6. The summed E-state index contributed by atoms with van der Waals surface area (Å²) < 4.78 is 36.0. The highest BCUT2D eigenvalue weighted by Crippen LogP contribution is 2.74. The van der Waals surface area contributed by atoms with Crippen molar-refractivity contribution in [2.75, 3.05) is 26.4 Å². The summed E-state index contributed by atoms with van der Waals surface area (Å²) in [6.07, 6.45) is -18.3. The van der Waals surface area contributed by atoms with Crippen molar-refractivity contribution in [3.8, 4) is 0 Å². The average Bonchev–Trinajstić information content (AvgIpc) is 3.30. The van der Waals surface area contributed by atoms with E-state index in [1.165, 1.54) is 6.92 Å². The number of rotatable bonds is 11. The smallest absolute Gasteiger partial charge is 0.309 e. The molecule has 20 heteroatoms. The van der Waals surface area contributed by atoms with Gasteiger partial charge in [-0.3, -0.25) is 4.79 Å². The van der Waals surface area contributed by atoms with Crippen LogP contribution in [0.2, 0.25) is 0 Å². The van der Waals surface area contributed by atoms with Crippen LogP contribution in [0.3, 0.4) is 0 Å². The highest BCUT2D eigenvalue weighted by Gasteiger charge is 2.69. The molecular formula is C48H76O20. The van der Waals surface area contributed by atoms with E-state index in [1.807, 2.05) is 6.92 Å². The SMILES string of the molecule is C[C@@H]1O[C@H](O[C@H]2CC[C@]3(C)[C@@H](CC[C@@]4(C)[C@@H]3C=CC3=C5C[C@](C)(C(=O)O)CC[C@@]5(CO)[C@H](O)C[C@@]34C)[C@]2(C)CO)[C@@H](O)[C@H](O[C@H]2O[C@@H](CO)[C@H](O)[C@@H](O)[C@@H]2O[C@H]2O[C@@H](CO)[C@H](O)[C@@H](O)[C@@H]2O)[C@H]1O. The van der Waals surface area contributed by atoms with Crippen LogP contribution in [0, 0.1) is 44.3 Å². The van der Waals surface area contributed by atoms with Crippen molar-refractivity contribution in [1.82, 2.24) is 0 Å². The first-order valence-corrected chi connectivity index (χ1v) is 24.3. The van der Waals surface area contributed by atoms with Gasteiger partial charge in [-0.15, -0.1) is 0 Å². The fourth-order valence-electron chi connectivity index (χ4n) is 14.5. The normalized spacial score (nSPS) is 54.9. The number of ether oxygens (including phenoxy) is 6. The van der Waals surface area contributed by atoms with Crippen LogP contribution in [0.15, 0.2) is 23.3 Å². The number of carbonyl (C=O) groups is 1. The third-order valence-corrected chi connectivity index (χ3v) is 19.3. The van der Waals surface area contributed by atoms with E-state index >= 15 is 0 Å². The van der Waals surface area contributed by atoms with Crippen molar-refractivity contribution >= 4 is 5.97 Å². The molecule has 8 aliphatic rings. The summed E-state index contributed by atoms with van der Waals surface area (Å²) in [5.41, 5.74) is -2.44. The van der Waals surface area contributed by atoms with Gasteiger partial charge in [0.05, 0.1) is 50.2 Å². The number of aliphatic hydroxyl groups is 12. The van der Waals surface area contributed by atoms with Crippen LogP contribution in [0.25, 0.3) is 0 Å². The second-order valence-corrected chi connectivity index (χ2v) is 22.8. The van der Waals surface area contributed by atoms with Crippen molar-refractivity contribution in [2.24, 2.45) is 44.3 Å². The van der Waals surface area contributed by atoms with E-state index in [9.17, 15) is 71.2 Å². The zero-order valence-corrected chi connectivity index (χ0v) is 39.8. The van der Waals surface area contributed by atoms with Crippen molar-refractivity contribution in [1.29, 1.82) is 0 Å². The topological polar surface area (TPSA) is 335 Å². The molecule has 3 saturated carbocycles. The summed E-state index contributed by atoms with van der Waals surface area (Å²) in [6, 6.07) is 0. The molecule has 388 valence electrons. The molecule has 5 aliphatic carbocycles. The quantitative estimate of drug-likeness (QED) is 0.106. The first-order chi connectivity index (χ1) is 31.9. The number of carboxylic acid groups (broad SMARTS) is 1. The lowest BCUT2D eigenvalue weighted by Crippen LogP contribution is -2.67. The van der Waals surface area contributed by atoms with E-state index in [0.717, 1.165) is 11.1 Å². The van der Waals surface area contributed by atoms with Gasteiger partial charge in [0.1, 0.15) is 67.1 Å². The number of aliphatic carboxylic acids is 1. The van der Waals surface area contributed by atoms with Gasteiger partial charge < -0.3 is 94.8 Å². The molecule has 13 N–H and O–H groups in total. The lowest BCUT2D eigenvalue weighted by Gasteiger charge is -2.70. The Morgan fingerprint density at radius 2 is 1.29 bits per heavy atom. The molecule has 0 bridgehead atoms. The Morgan fingerprint density at radius 1 is 0.676 bits per heavy atom. The molecule has 8 rings (SSSR count). The third kappa shape index (κ3) is 7.82. The molecule has 68 heavy (non-hydrogen) atoms. The Morgan fingerprint density at radius 3 is 1.91 bits per heavy atom. The number of hydrogen-bond acceptors (Lipinski definition) is 19. The molecule has 25 atom stereocenters. The van der Waals surface area contributed by atoms with Crippen LogP contribution in [0.1, 0.15) is 92.9 Å². The maximum atomic E-state index is 12.6. The first kappa shape index (κ1) is 52.5. The number of fused-ring (bicyclic) bond motifs is 6. The van der Waals surface area contributed by atoms with Crippen LogP contribution >= 0.6 is 0 Å². The number of allylic oxidation sites excluding steroid dienone is 3. The largest absolute Gasteiger partial charge is 0.481 e.